The van der Waals surface area contributed by atoms with E-state index in [4.69, 9.17) is 0 Å². The minimum atomic E-state index is -0.199. The molecule has 0 aromatic heterocycles. The van der Waals surface area contributed by atoms with Crippen molar-refractivity contribution in [1.82, 2.24) is 15.5 Å². The van der Waals surface area contributed by atoms with Crippen molar-refractivity contribution >= 4 is 11.9 Å². The SMILES string of the molecule is CC(C)NC(=O)NCc1ccc(C(=O)N(CCc2ccccc2)Cc2ccccc2)cc1. The second kappa shape index (κ2) is 11.7. The van der Waals surface area contributed by atoms with Crippen LogP contribution in [0, 0.1) is 0 Å². The van der Waals surface area contributed by atoms with Crippen molar-refractivity contribution in [2.24, 2.45) is 0 Å². The molecule has 5 heteroatoms. The van der Waals surface area contributed by atoms with Crippen LogP contribution in [0.5, 0.6) is 0 Å². The smallest absolute Gasteiger partial charge is 0.315 e. The van der Waals surface area contributed by atoms with E-state index in [1.54, 1.807) is 0 Å². The Kier molecular flexibility index (Phi) is 8.44. The summed E-state index contributed by atoms with van der Waals surface area (Å²) in [4.78, 5) is 27.0. The molecular weight excluding hydrogens is 398 g/mol. The third-order valence-corrected chi connectivity index (χ3v) is 5.09. The number of benzene rings is 3. The van der Waals surface area contributed by atoms with Gasteiger partial charge in [-0.25, -0.2) is 4.79 Å². The molecule has 0 aliphatic carbocycles. The van der Waals surface area contributed by atoms with Gasteiger partial charge in [-0.05, 0) is 49.1 Å². The van der Waals surface area contributed by atoms with Crippen LogP contribution in [-0.4, -0.2) is 29.4 Å². The van der Waals surface area contributed by atoms with Crippen molar-refractivity contribution in [1.29, 1.82) is 0 Å². The van der Waals surface area contributed by atoms with Gasteiger partial charge < -0.3 is 15.5 Å². The van der Waals surface area contributed by atoms with Gasteiger partial charge >= 0.3 is 6.03 Å². The molecule has 2 N–H and O–H groups in total. The Hall–Kier alpha value is -3.60. The molecule has 32 heavy (non-hydrogen) atoms. The number of nitrogens with zero attached hydrogens (tertiary/aromatic N) is 1. The van der Waals surface area contributed by atoms with Crippen molar-refractivity contribution in [3.05, 3.63) is 107 Å². The second-order valence-corrected chi connectivity index (χ2v) is 8.13. The van der Waals surface area contributed by atoms with Gasteiger partial charge in [0.25, 0.3) is 5.91 Å². The van der Waals surface area contributed by atoms with E-state index >= 15 is 0 Å². The van der Waals surface area contributed by atoms with Gasteiger partial charge in [-0.3, -0.25) is 4.79 Å². The average Bonchev–Trinajstić information content (AvgIpc) is 2.81. The van der Waals surface area contributed by atoms with Crippen LogP contribution in [0.15, 0.2) is 84.9 Å². The quantitative estimate of drug-likeness (QED) is 0.514. The van der Waals surface area contributed by atoms with Gasteiger partial charge in [-0.15, -0.1) is 0 Å². The molecule has 3 rings (SSSR count). The van der Waals surface area contributed by atoms with E-state index in [-0.39, 0.29) is 18.0 Å². The minimum absolute atomic E-state index is 0.00171. The first kappa shape index (κ1) is 23.1. The third kappa shape index (κ3) is 7.27. The Labute approximate surface area is 190 Å². The van der Waals surface area contributed by atoms with Crippen LogP contribution in [0.25, 0.3) is 0 Å². The average molecular weight is 430 g/mol. The van der Waals surface area contributed by atoms with Gasteiger partial charge in [-0.1, -0.05) is 72.8 Å². The van der Waals surface area contributed by atoms with Crippen LogP contribution in [0.2, 0.25) is 0 Å². The lowest BCUT2D eigenvalue weighted by Crippen LogP contribution is -2.39. The second-order valence-electron chi connectivity index (χ2n) is 8.13. The van der Waals surface area contributed by atoms with Crippen LogP contribution in [0.4, 0.5) is 4.79 Å². The van der Waals surface area contributed by atoms with Crippen molar-refractivity contribution in [2.45, 2.75) is 39.4 Å². The van der Waals surface area contributed by atoms with Gasteiger partial charge in [0, 0.05) is 31.2 Å². The number of carbonyl (C=O) groups excluding carboxylic acids is 2. The van der Waals surface area contributed by atoms with E-state index in [0.29, 0.717) is 25.2 Å². The molecule has 3 amide bonds. The Balaban J connectivity index is 1.66. The number of hydrogen-bond donors (Lipinski definition) is 2. The van der Waals surface area contributed by atoms with Crippen molar-refractivity contribution < 1.29 is 9.59 Å². The molecule has 3 aromatic carbocycles. The van der Waals surface area contributed by atoms with Crippen molar-refractivity contribution in [2.75, 3.05) is 6.54 Å². The molecule has 0 saturated heterocycles. The van der Waals surface area contributed by atoms with Gasteiger partial charge in [0.1, 0.15) is 0 Å². The molecule has 0 heterocycles. The molecule has 0 fully saturated rings. The number of carbonyl (C=O) groups is 2. The Morgan fingerprint density at radius 1 is 0.781 bits per heavy atom. The molecule has 0 saturated carbocycles. The van der Waals surface area contributed by atoms with E-state index in [0.717, 1.165) is 17.5 Å². The first-order valence-electron chi connectivity index (χ1n) is 11.0. The molecule has 0 bridgehead atoms. The molecular formula is C27H31N3O2. The minimum Gasteiger partial charge on any atom is -0.336 e. The number of amides is 3. The van der Waals surface area contributed by atoms with Gasteiger partial charge in [-0.2, -0.15) is 0 Å². The molecule has 166 valence electrons. The standard InChI is InChI=1S/C27H31N3O2/c1-21(2)29-27(32)28-19-23-13-15-25(16-14-23)26(31)30(20-24-11-7-4-8-12-24)18-17-22-9-5-3-6-10-22/h3-16,21H,17-20H2,1-2H3,(H2,28,29,32). The molecule has 0 unspecified atom stereocenters. The lowest BCUT2D eigenvalue weighted by Gasteiger charge is -2.23. The zero-order valence-electron chi connectivity index (χ0n) is 18.8. The predicted molar refractivity (Wildman–Crippen MR) is 128 cm³/mol. The molecule has 0 aliphatic heterocycles. The molecule has 0 aliphatic rings. The summed E-state index contributed by atoms with van der Waals surface area (Å²) in [6.07, 6.45) is 0.798. The van der Waals surface area contributed by atoms with Crippen molar-refractivity contribution in [3.8, 4) is 0 Å². The summed E-state index contributed by atoms with van der Waals surface area (Å²) in [5, 5.41) is 5.62. The summed E-state index contributed by atoms with van der Waals surface area (Å²) in [5.41, 5.74) is 3.90. The van der Waals surface area contributed by atoms with Crippen LogP contribution in [-0.2, 0) is 19.5 Å². The van der Waals surface area contributed by atoms with Gasteiger partial charge in [0.2, 0.25) is 0 Å². The summed E-state index contributed by atoms with van der Waals surface area (Å²) in [6.45, 7) is 5.44. The summed E-state index contributed by atoms with van der Waals surface area (Å²) in [5.74, 6) is 0.00171. The first-order valence-corrected chi connectivity index (χ1v) is 11.0. The maximum absolute atomic E-state index is 13.3. The topological polar surface area (TPSA) is 61.4 Å². The summed E-state index contributed by atoms with van der Waals surface area (Å²) >= 11 is 0. The number of rotatable bonds is 9. The van der Waals surface area contributed by atoms with E-state index in [1.807, 2.05) is 91.5 Å². The maximum atomic E-state index is 13.3. The monoisotopic (exact) mass is 429 g/mol. The third-order valence-electron chi connectivity index (χ3n) is 5.09. The highest BCUT2D eigenvalue weighted by molar-refractivity contribution is 5.94. The molecule has 0 radical (unpaired) electrons. The summed E-state index contributed by atoms with van der Waals surface area (Å²) in [7, 11) is 0. The predicted octanol–water partition coefficient (Wildman–Crippen LogP) is 4.78. The Morgan fingerprint density at radius 2 is 1.38 bits per heavy atom. The highest BCUT2D eigenvalue weighted by Gasteiger charge is 2.16. The van der Waals surface area contributed by atoms with E-state index in [9.17, 15) is 9.59 Å². The van der Waals surface area contributed by atoms with E-state index in [2.05, 4.69) is 22.8 Å². The lowest BCUT2D eigenvalue weighted by molar-refractivity contribution is 0.0745. The zero-order valence-corrected chi connectivity index (χ0v) is 18.8. The number of nitrogens with one attached hydrogen (secondary N) is 2. The molecule has 5 nitrogen and oxygen atoms in total. The highest BCUT2D eigenvalue weighted by atomic mass is 16.2. The van der Waals surface area contributed by atoms with E-state index in [1.165, 1.54) is 5.56 Å². The highest BCUT2D eigenvalue weighted by Crippen LogP contribution is 2.13. The van der Waals surface area contributed by atoms with Crippen molar-refractivity contribution in [3.63, 3.8) is 0 Å². The fourth-order valence-corrected chi connectivity index (χ4v) is 3.41. The fourth-order valence-electron chi connectivity index (χ4n) is 3.41. The van der Waals surface area contributed by atoms with Crippen LogP contribution >= 0.6 is 0 Å². The van der Waals surface area contributed by atoms with E-state index < -0.39 is 0 Å². The maximum Gasteiger partial charge on any atom is 0.315 e. The Morgan fingerprint density at radius 3 is 1.97 bits per heavy atom. The summed E-state index contributed by atoms with van der Waals surface area (Å²) in [6, 6.07) is 27.6. The van der Waals surface area contributed by atoms with Crippen LogP contribution < -0.4 is 10.6 Å². The lowest BCUT2D eigenvalue weighted by atomic mass is 10.1. The fraction of sp³-hybridized carbons (Fsp3) is 0.259. The number of urea groups is 1. The Bertz CT molecular complexity index is 986. The molecule has 3 aromatic rings. The van der Waals surface area contributed by atoms with Crippen LogP contribution in [0.3, 0.4) is 0 Å². The largest absolute Gasteiger partial charge is 0.336 e. The molecule has 0 atom stereocenters. The first-order chi connectivity index (χ1) is 15.5. The zero-order chi connectivity index (χ0) is 22.8. The van der Waals surface area contributed by atoms with Gasteiger partial charge in [0.05, 0.1) is 0 Å². The van der Waals surface area contributed by atoms with Gasteiger partial charge in [0.15, 0.2) is 0 Å². The summed E-state index contributed by atoms with van der Waals surface area (Å²) < 4.78 is 0. The number of hydrogen-bond acceptors (Lipinski definition) is 2. The molecule has 0 spiro atoms. The van der Waals surface area contributed by atoms with Crippen LogP contribution in [0.1, 0.15) is 40.9 Å². The normalized spacial score (nSPS) is 10.6.